The van der Waals surface area contributed by atoms with Gasteiger partial charge in [-0.2, -0.15) is 0 Å². The van der Waals surface area contributed by atoms with E-state index in [1.54, 1.807) is 0 Å². The summed E-state index contributed by atoms with van der Waals surface area (Å²) in [6.45, 7) is 4.76. The minimum absolute atomic E-state index is 0.319. The fraction of sp³-hybridized carbons (Fsp3) is 0.667. The third-order valence-corrected chi connectivity index (χ3v) is 5.64. The van der Waals surface area contributed by atoms with Crippen LogP contribution in [0.3, 0.4) is 0 Å². The highest BCUT2D eigenvalue weighted by Crippen LogP contribution is 2.43. The number of benzene rings is 1. The van der Waals surface area contributed by atoms with Crippen LogP contribution in [0.25, 0.3) is 0 Å². The molecule has 0 saturated carbocycles. The molecule has 4 rings (SSSR count). The van der Waals surface area contributed by atoms with Gasteiger partial charge in [0.25, 0.3) is 0 Å². The number of nitrogens with one attached hydrogen (secondary N) is 1. The first kappa shape index (κ1) is 12.8. The third-order valence-electron chi connectivity index (χ3n) is 5.64. The molecule has 4 atom stereocenters. The monoisotopic (exact) mass is 271 g/mol. The largest absolute Gasteiger partial charge is 0.373 e. The zero-order valence-electron chi connectivity index (χ0n) is 12.6. The lowest BCUT2D eigenvalue weighted by Gasteiger charge is -2.39. The molecule has 2 bridgehead atoms. The quantitative estimate of drug-likeness (QED) is 0.885. The maximum absolute atomic E-state index is 5.99. The van der Waals surface area contributed by atoms with Gasteiger partial charge in [0.1, 0.15) is 0 Å². The van der Waals surface area contributed by atoms with E-state index in [1.807, 2.05) is 0 Å². The molecule has 0 amide bonds. The number of rotatable bonds is 2. The number of fused-ring (bicyclic) bond motifs is 3. The zero-order chi connectivity index (χ0) is 13.7. The topological polar surface area (TPSA) is 21.3 Å². The van der Waals surface area contributed by atoms with Gasteiger partial charge in [0.15, 0.2) is 0 Å². The number of hydrogen-bond acceptors (Lipinski definition) is 2. The van der Waals surface area contributed by atoms with E-state index in [0.29, 0.717) is 29.7 Å². The summed E-state index contributed by atoms with van der Waals surface area (Å²) in [5, 5.41) is 3.92. The van der Waals surface area contributed by atoms with Crippen LogP contribution in [0.4, 0.5) is 0 Å². The summed E-state index contributed by atoms with van der Waals surface area (Å²) in [7, 11) is 0. The maximum atomic E-state index is 5.99. The summed E-state index contributed by atoms with van der Waals surface area (Å²) >= 11 is 0. The Balaban J connectivity index is 1.57. The molecule has 2 heterocycles. The average molecular weight is 271 g/mol. The van der Waals surface area contributed by atoms with E-state index in [0.717, 1.165) is 0 Å². The molecule has 0 spiro atoms. The number of ether oxygens (including phenoxy) is 1. The van der Waals surface area contributed by atoms with Crippen molar-refractivity contribution in [1.82, 2.24) is 5.32 Å². The van der Waals surface area contributed by atoms with Crippen LogP contribution in [-0.4, -0.2) is 18.2 Å². The molecular weight excluding hydrogens is 246 g/mol. The molecule has 3 aliphatic rings. The minimum Gasteiger partial charge on any atom is -0.373 e. The van der Waals surface area contributed by atoms with Crippen molar-refractivity contribution in [3.05, 3.63) is 35.4 Å². The van der Waals surface area contributed by atoms with E-state index in [9.17, 15) is 0 Å². The van der Waals surface area contributed by atoms with Crippen LogP contribution in [-0.2, 0) is 10.2 Å². The highest BCUT2D eigenvalue weighted by molar-refractivity contribution is 5.38. The molecule has 20 heavy (non-hydrogen) atoms. The SMILES string of the molecule is CC1(C)CCC(NC2CC3CCC2O3)c2ccccc21. The summed E-state index contributed by atoms with van der Waals surface area (Å²) in [6, 6.07) is 10.1. The van der Waals surface area contributed by atoms with Crippen LogP contribution < -0.4 is 5.32 Å². The van der Waals surface area contributed by atoms with Crippen molar-refractivity contribution in [3.63, 3.8) is 0 Å². The summed E-state index contributed by atoms with van der Waals surface area (Å²) < 4.78 is 5.99. The van der Waals surface area contributed by atoms with Gasteiger partial charge in [0, 0.05) is 12.1 Å². The van der Waals surface area contributed by atoms with Crippen molar-refractivity contribution < 1.29 is 4.74 Å². The molecule has 1 N–H and O–H groups in total. The van der Waals surface area contributed by atoms with E-state index in [1.165, 1.54) is 43.2 Å². The molecule has 2 fully saturated rings. The summed E-state index contributed by atoms with van der Waals surface area (Å²) in [4.78, 5) is 0. The lowest BCUT2D eigenvalue weighted by atomic mass is 9.71. The van der Waals surface area contributed by atoms with Crippen LogP contribution >= 0.6 is 0 Å². The van der Waals surface area contributed by atoms with E-state index in [4.69, 9.17) is 4.74 Å². The predicted octanol–water partition coefficient (Wildman–Crippen LogP) is 3.71. The molecule has 1 aromatic rings. The Morgan fingerprint density at radius 1 is 1.15 bits per heavy atom. The summed E-state index contributed by atoms with van der Waals surface area (Å²) in [6.07, 6.45) is 7.27. The van der Waals surface area contributed by atoms with Gasteiger partial charge < -0.3 is 10.1 Å². The fourth-order valence-electron chi connectivity index (χ4n) is 4.46. The van der Waals surface area contributed by atoms with E-state index in [2.05, 4.69) is 43.4 Å². The first-order chi connectivity index (χ1) is 9.63. The van der Waals surface area contributed by atoms with E-state index in [-0.39, 0.29) is 0 Å². The third kappa shape index (κ3) is 2.01. The standard InChI is InChI=1S/C18H25NO/c1-18(2)10-9-15(13-5-3-4-6-14(13)18)19-16-11-12-7-8-17(16)20-12/h3-6,12,15-17,19H,7-11H2,1-2H3. The molecule has 2 aliphatic heterocycles. The van der Waals surface area contributed by atoms with Crippen molar-refractivity contribution in [2.75, 3.05) is 0 Å². The van der Waals surface area contributed by atoms with Crippen molar-refractivity contribution in [2.45, 2.75) is 75.7 Å². The lowest BCUT2D eigenvalue weighted by molar-refractivity contribution is 0.0953. The normalized spacial score (nSPS) is 37.9. The maximum Gasteiger partial charge on any atom is 0.0733 e. The summed E-state index contributed by atoms with van der Waals surface area (Å²) in [5.74, 6) is 0. The van der Waals surface area contributed by atoms with Crippen LogP contribution in [0.1, 0.15) is 63.1 Å². The van der Waals surface area contributed by atoms with Gasteiger partial charge in [-0.1, -0.05) is 38.1 Å². The minimum atomic E-state index is 0.319. The van der Waals surface area contributed by atoms with Gasteiger partial charge in [0.2, 0.25) is 0 Å². The molecule has 4 unspecified atom stereocenters. The molecule has 2 heteroatoms. The molecule has 108 valence electrons. The Hall–Kier alpha value is -0.860. The van der Waals surface area contributed by atoms with Crippen molar-refractivity contribution in [3.8, 4) is 0 Å². The lowest BCUT2D eigenvalue weighted by Crippen LogP contribution is -2.42. The van der Waals surface area contributed by atoms with Crippen LogP contribution in [0.15, 0.2) is 24.3 Å². The van der Waals surface area contributed by atoms with E-state index >= 15 is 0 Å². The second-order valence-electron chi connectivity index (χ2n) is 7.45. The molecule has 0 radical (unpaired) electrons. The Kier molecular flexibility index (Phi) is 2.94. The zero-order valence-corrected chi connectivity index (χ0v) is 12.6. The smallest absolute Gasteiger partial charge is 0.0733 e. The predicted molar refractivity (Wildman–Crippen MR) is 80.9 cm³/mol. The van der Waals surface area contributed by atoms with Crippen LogP contribution in [0, 0.1) is 0 Å². The Morgan fingerprint density at radius 2 is 2.00 bits per heavy atom. The first-order valence-electron chi connectivity index (χ1n) is 8.14. The highest BCUT2D eigenvalue weighted by Gasteiger charge is 2.42. The van der Waals surface area contributed by atoms with Gasteiger partial charge in [-0.05, 0) is 48.6 Å². The molecule has 0 aromatic heterocycles. The van der Waals surface area contributed by atoms with Crippen molar-refractivity contribution in [1.29, 1.82) is 0 Å². The Labute approximate surface area is 121 Å². The van der Waals surface area contributed by atoms with Gasteiger partial charge in [-0.15, -0.1) is 0 Å². The second-order valence-corrected chi connectivity index (χ2v) is 7.45. The van der Waals surface area contributed by atoms with Crippen molar-refractivity contribution >= 4 is 0 Å². The number of hydrogen-bond donors (Lipinski definition) is 1. The van der Waals surface area contributed by atoms with Gasteiger partial charge >= 0.3 is 0 Å². The molecule has 2 nitrogen and oxygen atoms in total. The highest BCUT2D eigenvalue weighted by atomic mass is 16.5. The molecule has 1 aromatic carbocycles. The van der Waals surface area contributed by atoms with Gasteiger partial charge in [-0.25, -0.2) is 0 Å². The van der Waals surface area contributed by atoms with Crippen LogP contribution in [0.5, 0.6) is 0 Å². The van der Waals surface area contributed by atoms with E-state index < -0.39 is 0 Å². The van der Waals surface area contributed by atoms with Crippen LogP contribution in [0.2, 0.25) is 0 Å². The first-order valence-corrected chi connectivity index (χ1v) is 8.14. The molecular formula is C18H25NO. The van der Waals surface area contributed by atoms with Crippen molar-refractivity contribution in [2.24, 2.45) is 0 Å². The average Bonchev–Trinajstić information content (AvgIpc) is 3.05. The Bertz CT molecular complexity index is 510. The molecule has 2 saturated heterocycles. The summed E-state index contributed by atoms with van der Waals surface area (Å²) in [5.41, 5.74) is 3.37. The fourth-order valence-corrected chi connectivity index (χ4v) is 4.46. The molecule has 1 aliphatic carbocycles. The van der Waals surface area contributed by atoms with Gasteiger partial charge in [-0.3, -0.25) is 0 Å². The Morgan fingerprint density at radius 3 is 2.75 bits per heavy atom. The van der Waals surface area contributed by atoms with Gasteiger partial charge in [0.05, 0.1) is 12.2 Å². The second kappa shape index (κ2) is 4.57.